The molecule has 2 rings (SSSR count). The second-order valence-corrected chi connectivity index (χ2v) is 7.25. The minimum Gasteiger partial charge on any atom is -0.304 e. The molecule has 0 fully saturated rings. The number of nitrogens with zero attached hydrogens (tertiary/aromatic N) is 1. The van der Waals surface area contributed by atoms with Crippen LogP contribution in [0.1, 0.15) is 37.1 Å². The highest BCUT2D eigenvalue weighted by Gasteiger charge is 2.12. The minimum atomic E-state index is -3.14. The van der Waals surface area contributed by atoms with Crippen LogP contribution in [-0.4, -0.2) is 19.7 Å². The molecule has 0 saturated heterocycles. The van der Waals surface area contributed by atoms with Crippen molar-refractivity contribution in [2.75, 3.05) is 6.26 Å². The van der Waals surface area contributed by atoms with Gasteiger partial charge in [0.1, 0.15) is 0 Å². The van der Waals surface area contributed by atoms with Gasteiger partial charge in [-0.25, -0.2) is 8.42 Å². The van der Waals surface area contributed by atoms with E-state index in [1.165, 1.54) is 11.8 Å². The van der Waals surface area contributed by atoms with Gasteiger partial charge in [-0.2, -0.15) is 0 Å². The van der Waals surface area contributed by atoms with Crippen molar-refractivity contribution in [2.24, 2.45) is 0 Å². The zero-order valence-corrected chi connectivity index (χ0v) is 13.3. The van der Waals surface area contributed by atoms with Gasteiger partial charge < -0.3 is 5.32 Å². The molecule has 1 aromatic heterocycles. The summed E-state index contributed by atoms with van der Waals surface area (Å²) < 4.78 is 22.9. The monoisotopic (exact) mass is 304 g/mol. The van der Waals surface area contributed by atoms with Gasteiger partial charge in [-0.1, -0.05) is 12.1 Å². The molecule has 21 heavy (non-hydrogen) atoms. The molecule has 0 bridgehead atoms. The molecule has 0 aliphatic carbocycles. The van der Waals surface area contributed by atoms with Crippen LogP contribution in [0, 0.1) is 0 Å². The van der Waals surface area contributed by atoms with Gasteiger partial charge in [0.2, 0.25) is 0 Å². The van der Waals surface area contributed by atoms with E-state index in [2.05, 4.69) is 24.1 Å². The van der Waals surface area contributed by atoms with Crippen molar-refractivity contribution >= 4 is 9.84 Å². The molecule has 2 aromatic rings. The molecule has 1 N–H and O–H groups in total. The summed E-state index contributed by atoms with van der Waals surface area (Å²) in [4.78, 5) is 4.36. The van der Waals surface area contributed by atoms with Crippen LogP contribution in [-0.2, 0) is 9.84 Å². The lowest BCUT2D eigenvalue weighted by Gasteiger charge is -2.20. The quantitative estimate of drug-likeness (QED) is 0.922. The molecule has 2 atom stereocenters. The Hall–Kier alpha value is -1.72. The Labute approximate surface area is 126 Å². The Bertz CT molecular complexity index is 682. The van der Waals surface area contributed by atoms with Crippen molar-refractivity contribution in [1.29, 1.82) is 0 Å². The zero-order valence-electron chi connectivity index (χ0n) is 12.4. The zero-order chi connectivity index (χ0) is 15.5. The Kier molecular flexibility index (Phi) is 4.75. The van der Waals surface area contributed by atoms with Gasteiger partial charge >= 0.3 is 0 Å². The summed E-state index contributed by atoms with van der Waals surface area (Å²) in [5.41, 5.74) is 2.23. The summed E-state index contributed by atoms with van der Waals surface area (Å²) >= 11 is 0. The predicted molar refractivity (Wildman–Crippen MR) is 83.8 cm³/mol. The van der Waals surface area contributed by atoms with Crippen molar-refractivity contribution < 1.29 is 8.42 Å². The van der Waals surface area contributed by atoms with Gasteiger partial charge in [-0.15, -0.1) is 0 Å². The van der Waals surface area contributed by atoms with Crippen LogP contribution >= 0.6 is 0 Å². The maximum atomic E-state index is 11.5. The number of aromatic nitrogens is 1. The number of hydrogen-bond donors (Lipinski definition) is 1. The van der Waals surface area contributed by atoms with Crippen molar-refractivity contribution in [1.82, 2.24) is 10.3 Å². The standard InChI is InChI=1S/C16H20N2O2S/c1-12(18-13(2)15-8-10-17-11-9-15)14-4-6-16(7-5-14)21(3,19)20/h4-13,18H,1-3H3/t12?,13-/m1/s1. The first-order valence-corrected chi connectivity index (χ1v) is 8.73. The van der Waals surface area contributed by atoms with Crippen LogP contribution in [0.4, 0.5) is 0 Å². The molecule has 4 nitrogen and oxygen atoms in total. The summed E-state index contributed by atoms with van der Waals surface area (Å²) in [5.74, 6) is 0. The Morgan fingerprint density at radius 1 is 0.905 bits per heavy atom. The van der Waals surface area contributed by atoms with Crippen LogP contribution in [0.2, 0.25) is 0 Å². The lowest BCUT2D eigenvalue weighted by Crippen LogP contribution is -2.22. The van der Waals surface area contributed by atoms with E-state index in [1.54, 1.807) is 24.5 Å². The predicted octanol–water partition coefficient (Wildman–Crippen LogP) is 2.90. The molecule has 0 aliphatic rings. The Balaban J connectivity index is 2.08. The largest absolute Gasteiger partial charge is 0.304 e. The molecular formula is C16H20N2O2S. The molecule has 0 radical (unpaired) electrons. The molecule has 0 amide bonds. The first-order valence-electron chi connectivity index (χ1n) is 6.84. The van der Waals surface area contributed by atoms with Gasteiger partial charge in [-0.05, 0) is 49.2 Å². The van der Waals surface area contributed by atoms with E-state index in [9.17, 15) is 8.42 Å². The average Bonchev–Trinajstić information content (AvgIpc) is 2.47. The molecule has 1 aromatic carbocycles. The molecule has 1 heterocycles. The van der Waals surface area contributed by atoms with Gasteiger partial charge in [0, 0.05) is 30.7 Å². The topological polar surface area (TPSA) is 59.1 Å². The van der Waals surface area contributed by atoms with E-state index in [1.807, 2.05) is 24.3 Å². The molecule has 112 valence electrons. The van der Waals surface area contributed by atoms with Crippen LogP contribution in [0.25, 0.3) is 0 Å². The number of benzene rings is 1. The minimum absolute atomic E-state index is 0.127. The highest BCUT2D eigenvalue weighted by atomic mass is 32.2. The van der Waals surface area contributed by atoms with E-state index in [0.717, 1.165) is 5.56 Å². The Morgan fingerprint density at radius 3 is 1.86 bits per heavy atom. The number of hydrogen-bond acceptors (Lipinski definition) is 4. The number of pyridine rings is 1. The molecule has 0 aliphatic heterocycles. The Morgan fingerprint density at radius 2 is 1.38 bits per heavy atom. The summed E-state index contributed by atoms with van der Waals surface area (Å²) in [6, 6.07) is 11.3. The third-order valence-electron chi connectivity index (χ3n) is 3.51. The van der Waals surface area contributed by atoms with E-state index in [-0.39, 0.29) is 12.1 Å². The van der Waals surface area contributed by atoms with E-state index < -0.39 is 9.84 Å². The fourth-order valence-electron chi connectivity index (χ4n) is 2.22. The van der Waals surface area contributed by atoms with Crippen LogP contribution in [0.5, 0.6) is 0 Å². The lowest BCUT2D eigenvalue weighted by atomic mass is 10.1. The smallest absolute Gasteiger partial charge is 0.175 e. The highest BCUT2D eigenvalue weighted by Crippen LogP contribution is 2.20. The highest BCUT2D eigenvalue weighted by molar-refractivity contribution is 7.90. The maximum absolute atomic E-state index is 11.5. The fraction of sp³-hybridized carbons (Fsp3) is 0.312. The number of nitrogens with one attached hydrogen (secondary N) is 1. The normalized spacial score (nSPS) is 14.6. The summed E-state index contributed by atoms with van der Waals surface area (Å²) in [6.07, 6.45) is 4.77. The van der Waals surface area contributed by atoms with Crippen LogP contribution < -0.4 is 5.32 Å². The third kappa shape index (κ3) is 4.12. The van der Waals surface area contributed by atoms with E-state index in [0.29, 0.717) is 4.90 Å². The van der Waals surface area contributed by atoms with Gasteiger partial charge in [-0.3, -0.25) is 4.98 Å². The second-order valence-electron chi connectivity index (χ2n) is 5.23. The fourth-order valence-corrected chi connectivity index (χ4v) is 2.85. The van der Waals surface area contributed by atoms with Crippen molar-refractivity contribution in [2.45, 2.75) is 30.8 Å². The first kappa shape index (κ1) is 15.7. The van der Waals surface area contributed by atoms with E-state index in [4.69, 9.17) is 0 Å². The molecule has 0 spiro atoms. The summed E-state index contributed by atoms with van der Waals surface area (Å²) in [6.45, 7) is 4.16. The van der Waals surface area contributed by atoms with E-state index >= 15 is 0 Å². The number of rotatable bonds is 5. The summed E-state index contributed by atoms with van der Waals surface area (Å²) in [7, 11) is -3.14. The SMILES string of the molecule is CC(N[C@H](C)c1ccncc1)c1ccc(S(C)(=O)=O)cc1. The lowest BCUT2D eigenvalue weighted by molar-refractivity contribution is 0.494. The van der Waals surface area contributed by atoms with Crippen molar-refractivity contribution in [3.05, 3.63) is 59.9 Å². The van der Waals surface area contributed by atoms with Crippen LogP contribution in [0.15, 0.2) is 53.7 Å². The molecule has 5 heteroatoms. The average molecular weight is 304 g/mol. The second kappa shape index (κ2) is 6.37. The van der Waals surface area contributed by atoms with Gasteiger partial charge in [0.05, 0.1) is 4.90 Å². The third-order valence-corrected chi connectivity index (χ3v) is 4.64. The van der Waals surface area contributed by atoms with Gasteiger partial charge in [0.25, 0.3) is 0 Å². The first-order chi connectivity index (χ1) is 9.88. The number of sulfone groups is 1. The van der Waals surface area contributed by atoms with Gasteiger partial charge in [0.15, 0.2) is 9.84 Å². The molecule has 1 unspecified atom stereocenters. The van der Waals surface area contributed by atoms with Crippen molar-refractivity contribution in [3.8, 4) is 0 Å². The maximum Gasteiger partial charge on any atom is 0.175 e. The molecule has 0 saturated carbocycles. The summed E-state index contributed by atoms with van der Waals surface area (Å²) in [5, 5.41) is 3.49. The molecular weight excluding hydrogens is 284 g/mol. The van der Waals surface area contributed by atoms with Crippen molar-refractivity contribution in [3.63, 3.8) is 0 Å². The van der Waals surface area contributed by atoms with Crippen LogP contribution in [0.3, 0.4) is 0 Å².